The van der Waals surface area contributed by atoms with Gasteiger partial charge in [-0.05, 0) is 43.7 Å². The highest BCUT2D eigenvalue weighted by atomic mass is 16.2. The first-order valence-corrected chi connectivity index (χ1v) is 12.5. The molecule has 1 aliphatic carbocycles. The summed E-state index contributed by atoms with van der Waals surface area (Å²) in [5, 5.41) is 7.32. The van der Waals surface area contributed by atoms with E-state index in [0.29, 0.717) is 38.9 Å². The Kier molecular flexibility index (Phi) is 7.68. The van der Waals surface area contributed by atoms with Crippen molar-refractivity contribution in [2.45, 2.75) is 64.3 Å². The molecule has 0 radical (unpaired) electrons. The topological polar surface area (TPSA) is 94.3 Å². The van der Waals surface area contributed by atoms with Crippen LogP contribution in [0.3, 0.4) is 0 Å². The van der Waals surface area contributed by atoms with Gasteiger partial charge in [0.1, 0.15) is 0 Å². The van der Waals surface area contributed by atoms with E-state index in [1.54, 1.807) is 0 Å². The lowest BCUT2D eigenvalue weighted by Crippen LogP contribution is -2.47. The van der Waals surface area contributed by atoms with E-state index in [1.807, 2.05) is 36.2 Å². The Morgan fingerprint density at radius 2 is 1.94 bits per heavy atom. The Balaban J connectivity index is 1.41. The van der Waals surface area contributed by atoms with Crippen LogP contribution in [0.5, 0.6) is 0 Å². The second kappa shape index (κ2) is 10.9. The standard InChI is InChI=1S/C26H36N4O3/c1-2-24(31)30-14-8-4-3-7-12-27-26(33)21-15-19(16-23(21)30)25(32)28-13-11-18-17-29-22-10-6-5-9-20(18)22/h5-6,9-10,17,19,21,23,29H,2-4,7-8,11-16H2,1H3,(H,27,33)(H,28,32)/t19-,21-,23+/m1/s1. The van der Waals surface area contributed by atoms with Gasteiger partial charge in [0.05, 0.1) is 5.92 Å². The Morgan fingerprint density at radius 3 is 2.79 bits per heavy atom. The lowest BCUT2D eigenvalue weighted by Gasteiger charge is -2.32. The quantitative estimate of drug-likeness (QED) is 0.650. The molecule has 3 N–H and O–H groups in total. The zero-order valence-electron chi connectivity index (χ0n) is 19.6. The van der Waals surface area contributed by atoms with Gasteiger partial charge < -0.3 is 20.5 Å². The molecule has 33 heavy (non-hydrogen) atoms. The first kappa shape index (κ1) is 23.3. The number of nitrogens with zero attached hydrogens (tertiary/aromatic N) is 1. The van der Waals surface area contributed by atoms with Gasteiger partial charge in [-0.25, -0.2) is 0 Å². The summed E-state index contributed by atoms with van der Waals surface area (Å²) in [5.41, 5.74) is 2.28. The van der Waals surface area contributed by atoms with Gasteiger partial charge in [-0.2, -0.15) is 0 Å². The average molecular weight is 453 g/mol. The van der Waals surface area contributed by atoms with E-state index in [-0.39, 0.29) is 35.6 Å². The molecule has 1 aromatic carbocycles. The van der Waals surface area contributed by atoms with Crippen molar-refractivity contribution in [2.24, 2.45) is 11.8 Å². The molecular formula is C26H36N4O3. The van der Waals surface area contributed by atoms with Crippen LogP contribution in [-0.4, -0.2) is 53.3 Å². The smallest absolute Gasteiger partial charge is 0.225 e. The van der Waals surface area contributed by atoms with Crippen molar-refractivity contribution in [1.82, 2.24) is 20.5 Å². The highest BCUT2D eigenvalue weighted by Crippen LogP contribution is 2.36. The van der Waals surface area contributed by atoms with Gasteiger partial charge in [-0.15, -0.1) is 0 Å². The Bertz CT molecular complexity index is 985. The predicted molar refractivity (Wildman–Crippen MR) is 128 cm³/mol. The van der Waals surface area contributed by atoms with Crippen LogP contribution in [0.15, 0.2) is 30.5 Å². The Hall–Kier alpha value is -2.83. The number of carbonyl (C=O) groups is 3. The predicted octanol–water partition coefficient (Wildman–Crippen LogP) is 3.15. The van der Waals surface area contributed by atoms with E-state index < -0.39 is 0 Å². The van der Waals surface area contributed by atoms with Crippen molar-refractivity contribution in [2.75, 3.05) is 19.6 Å². The summed E-state index contributed by atoms with van der Waals surface area (Å²) in [6, 6.07) is 7.96. The number of para-hydroxylation sites is 1. The molecule has 7 nitrogen and oxygen atoms in total. The maximum Gasteiger partial charge on any atom is 0.225 e. The van der Waals surface area contributed by atoms with Crippen LogP contribution in [-0.2, 0) is 20.8 Å². The molecule has 3 atom stereocenters. The molecule has 178 valence electrons. The summed E-state index contributed by atoms with van der Waals surface area (Å²) in [6.45, 7) is 3.77. The van der Waals surface area contributed by atoms with Gasteiger partial charge in [0, 0.05) is 55.1 Å². The minimum absolute atomic E-state index is 0.00821. The molecule has 1 aromatic heterocycles. The fourth-order valence-corrected chi connectivity index (χ4v) is 5.44. The molecule has 0 unspecified atom stereocenters. The number of amides is 3. The van der Waals surface area contributed by atoms with E-state index in [1.165, 1.54) is 10.9 Å². The third-order valence-electron chi connectivity index (χ3n) is 7.25. The molecule has 4 rings (SSSR count). The zero-order valence-corrected chi connectivity index (χ0v) is 19.6. The highest BCUT2D eigenvalue weighted by Gasteiger charge is 2.45. The molecule has 1 saturated heterocycles. The second-order valence-electron chi connectivity index (χ2n) is 9.39. The molecule has 1 aliphatic heterocycles. The molecule has 3 amide bonds. The van der Waals surface area contributed by atoms with Crippen LogP contribution >= 0.6 is 0 Å². The van der Waals surface area contributed by atoms with Gasteiger partial charge in [-0.3, -0.25) is 14.4 Å². The number of H-pyrrole nitrogens is 1. The number of rotatable bonds is 5. The maximum absolute atomic E-state index is 13.0. The van der Waals surface area contributed by atoms with E-state index in [4.69, 9.17) is 0 Å². The molecular weight excluding hydrogens is 416 g/mol. The minimum Gasteiger partial charge on any atom is -0.361 e. The van der Waals surface area contributed by atoms with Crippen molar-refractivity contribution in [1.29, 1.82) is 0 Å². The second-order valence-corrected chi connectivity index (χ2v) is 9.39. The zero-order chi connectivity index (χ0) is 23.2. The third kappa shape index (κ3) is 5.40. The molecule has 1 saturated carbocycles. The van der Waals surface area contributed by atoms with E-state index in [9.17, 15) is 14.4 Å². The minimum atomic E-state index is -0.317. The molecule has 7 heteroatoms. The van der Waals surface area contributed by atoms with Crippen LogP contribution in [0.1, 0.15) is 57.4 Å². The molecule has 0 spiro atoms. The summed E-state index contributed by atoms with van der Waals surface area (Å²) in [6.07, 6.45) is 8.26. The fourth-order valence-electron chi connectivity index (χ4n) is 5.44. The van der Waals surface area contributed by atoms with Crippen molar-refractivity contribution in [3.63, 3.8) is 0 Å². The molecule has 0 bridgehead atoms. The van der Waals surface area contributed by atoms with Crippen LogP contribution < -0.4 is 10.6 Å². The first-order valence-electron chi connectivity index (χ1n) is 12.5. The number of hydrogen-bond donors (Lipinski definition) is 3. The summed E-state index contributed by atoms with van der Waals surface area (Å²) >= 11 is 0. The molecule has 2 aliphatic rings. The van der Waals surface area contributed by atoms with Crippen molar-refractivity contribution in [3.05, 3.63) is 36.0 Å². The van der Waals surface area contributed by atoms with Gasteiger partial charge in [0.25, 0.3) is 0 Å². The van der Waals surface area contributed by atoms with E-state index >= 15 is 0 Å². The van der Waals surface area contributed by atoms with E-state index in [0.717, 1.165) is 37.6 Å². The van der Waals surface area contributed by atoms with Crippen LogP contribution in [0.2, 0.25) is 0 Å². The van der Waals surface area contributed by atoms with E-state index in [2.05, 4.69) is 21.7 Å². The summed E-state index contributed by atoms with van der Waals surface area (Å²) in [7, 11) is 0. The Morgan fingerprint density at radius 1 is 1.12 bits per heavy atom. The Labute approximate surface area is 195 Å². The monoisotopic (exact) mass is 452 g/mol. The molecule has 2 heterocycles. The largest absolute Gasteiger partial charge is 0.361 e. The summed E-state index contributed by atoms with van der Waals surface area (Å²) < 4.78 is 0. The number of nitrogens with one attached hydrogen (secondary N) is 3. The first-order chi connectivity index (χ1) is 16.1. The van der Waals surface area contributed by atoms with Crippen molar-refractivity contribution in [3.8, 4) is 0 Å². The lowest BCUT2D eigenvalue weighted by molar-refractivity contribution is -0.136. The van der Waals surface area contributed by atoms with Gasteiger partial charge in [0.15, 0.2) is 0 Å². The van der Waals surface area contributed by atoms with Crippen molar-refractivity contribution >= 4 is 28.6 Å². The van der Waals surface area contributed by atoms with Crippen LogP contribution in [0.4, 0.5) is 0 Å². The SMILES string of the molecule is CCC(=O)N1CCCCCCNC(=O)[C@@H]2C[C@@H](C(=O)NCCc3c[nH]c4ccccc34)C[C@@H]21. The summed E-state index contributed by atoms with van der Waals surface area (Å²) in [4.78, 5) is 43.9. The number of aromatic nitrogens is 1. The molecule has 2 fully saturated rings. The lowest BCUT2D eigenvalue weighted by atomic mass is 10.00. The number of carbonyl (C=O) groups excluding carboxylic acids is 3. The number of benzene rings is 1. The van der Waals surface area contributed by atoms with Gasteiger partial charge >= 0.3 is 0 Å². The maximum atomic E-state index is 13.0. The van der Waals surface area contributed by atoms with Gasteiger partial charge in [0.2, 0.25) is 17.7 Å². The van der Waals surface area contributed by atoms with Crippen molar-refractivity contribution < 1.29 is 14.4 Å². The highest BCUT2D eigenvalue weighted by molar-refractivity contribution is 5.86. The van der Waals surface area contributed by atoms with Crippen LogP contribution in [0.25, 0.3) is 10.9 Å². The number of aromatic amines is 1. The fraction of sp³-hybridized carbons (Fsp3) is 0.577. The normalized spacial score (nSPS) is 24.1. The summed E-state index contributed by atoms with van der Waals surface area (Å²) in [5.74, 6) is -0.500. The third-order valence-corrected chi connectivity index (χ3v) is 7.25. The van der Waals surface area contributed by atoms with Gasteiger partial charge in [-0.1, -0.05) is 38.0 Å². The van der Waals surface area contributed by atoms with Crippen LogP contribution in [0, 0.1) is 11.8 Å². The number of fused-ring (bicyclic) bond motifs is 2. The number of hydrogen-bond acceptors (Lipinski definition) is 3. The molecule has 2 aromatic rings. The average Bonchev–Trinajstić information content (AvgIpc) is 3.44.